The van der Waals surface area contributed by atoms with Crippen molar-refractivity contribution in [3.8, 4) is 0 Å². The summed E-state index contributed by atoms with van der Waals surface area (Å²) in [7, 11) is 2.18. The van der Waals surface area contributed by atoms with E-state index >= 15 is 0 Å². The summed E-state index contributed by atoms with van der Waals surface area (Å²) < 4.78 is 0. The lowest BCUT2D eigenvalue weighted by molar-refractivity contribution is 0.0345. The highest BCUT2D eigenvalue weighted by molar-refractivity contribution is 5.20. The second-order valence-corrected chi connectivity index (χ2v) is 6.48. The molecule has 1 fully saturated rings. The zero-order valence-corrected chi connectivity index (χ0v) is 12.3. The molecule has 19 heavy (non-hydrogen) atoms. The molecular weight excluding hydrogens is 236 g/mol. The van der Waals surface area contributed by atoms with E-state index in [1.807, 2.05) is 0 Å². The van der Waals surface area contributed by atoms with Gasteiger partial charge < -0.3 is 10.0 Å². The highest BCUT2D eigenvalue weighted by Crippen LogP contribution is 2.28. The van der Waals surface area contributed by atoms with Gasteiger partial charge in [-0.05, 0) is 12.6 Å². The zero-order chi connectivity index (χ0) is 13.9. The topological polar surface area (TPSA) is 26.7 Å². The van der Waals surface area contributed by atoms with Gasteiger partial charge in [-0.3, -0.25) is 4.90 Å². The Morgan fingerprint density at radius 1 is 1.21 bits per heavy atom. The van der Waals surface area contributed by atoms with Crippen molar-refractivity contribution in [3.63, 3.8) is 0 Å². The molecule has 1 N–H and O–H groups in total. The lowest BCUT2D eigenvalue weighted by Crippen LogP contribution is -2.50. The Balaban J connectivity index is 2.16. The molecule has 0 spiro atoms. The summed E-state index contributed by atoms with van der Waals surface area (Å²) in [4.78, 5) is 4.91. The van der Waals surface area contributed by atoms with Crippen molar-refractivity contribution in [2.24, 2.45) is 5.41 Å². The fraction of sp³-hybridized carbons (Fsp3) is 0.625. The molecule has 2 rings (SSSR count). The SMILES string of the molecule is CN1CCN(CC(C)(C)CO)C(c2ccccc2)C1. The molecule has 0 saturated carbocycles. The molecule has 1 saturated heterocycles. The van der Waals surface area contributed by atoms with Crippen molar-refractivity contribution in [3.05, 3.63) is 35.9 Å². The summed E-state index contributed by atoms with van der Waals surface area (Å²) >= 11 is 0. The molecule has 1 atom stereocenters. The summed E-state index contributed by atoms with van der Waals surface area (Å²) in [6.07, 6.45) is 0. The molecule has 0 bridgehead atoms. The van der Waals surface area contributed by atoms with Gasteiger partial charge in [0.1, 0.15) is 0 Å². The molecule has 3 heteroatoms. The van der Waals surface area contributed by atoms with Crippen molar-refractivity contribution in [2.75, 3.05) is 39.8 Å². The van der Waals surface area contributed by atoms with Crippen molar-refractivity contribution in [2.45, 2.75) is 19.9 Å². The minimum atomic E-state index is -0.0387. The van der Waals surface area contributed by atoms with Gasteiger partial charge in [0, 0.05) is 44.2 Å². The summed E-state index contributed by atoms with van der Waals surface area (Å²) in [5, 5.41) is 9.50. The van der Waals surface area contributed by atoms with E-state index in [0.29, 0.717) is 6.04 Å². The Kier molecular flexibility index (Phi) is 4.61. The molecule has 106 valence electrons. The third-order valence-electron chi connectivity index (χ3n) is 3.94. The van der Waals surface area contributed by atoms with Crippen LogP contribution in [0.1, 0.15) is 25.5 Å². The monoisotopic (exact) mass is 262 g/mol. The summed E-state index contributed by atoms with van der Waals surface area (Å²) in [5.41, 5.74) is 1.34. The summed E-state index contributed by atoms with van der Waals surface area (Å²) in [6, 6.07) is 11.1. The standard InChI is InChI=1S/C16H26N2O/c1-16(2,13-19)12-18-10-9-17(3)11-15(18)14-7-5-4-6-8-14/h4-8,15,19H,9-13H2,1-3H3. The fourth-order valence-electron chi connectivity index (χ4n) is 2.74. The third kappa shape index (κ3) is 3.78. The van der Waals surface area contributed by atoms with Crippen LogP contribution in [0.5, 0.6) is 0 Å². The maximum atomic E-state index is 9.50. The van der Waals surface area contributed by atoms with Crippen molar-refractivity contribution >= 4 is 0 Å². The molecule has 1 aliphatic rings. The number of piperazine rings is 1. The molecule has 0 aromatic heterocycles. The van der Waals surface area contributed by atoms with Crippen molar-refractivity contribution < 1.29 is 5.11 Å². The van der Waals surface area contributed by atoms with Crippen LogP contribution >= 0.6 is 0 Å². The van der Waals surface area contributed by atoms with Gasteiger partial charge in [0.25, 0.3) is 0 Å². The van der Waals surface area contributed by atoms with E-state index in [1.54, 1.807) is 0 Å². The van der Waals surface area contributed by atoms with Crippen LogP contribution in [-0.2, 0) is 0 Å². The van der Waals surface area contributed by atoms with E-state index in [-0.39, 0.29) is 12.0 Å². The van der Waals surface area contributed by atoms with Crippen LogP contribution in [-0.4, -0.2) is 54.7 Å². The number of hydrogen-bond donors (Lipinski definition) is 1. The highest BCUT2D eigenvalue weighted by Gasteiger charge is 2.30. The van der Waals surface area contributed by atoms with Gasteiger partial charge in [0.05, 0.1) is 0 Å². The predicted octanol–water partition coefficient (Wildman–Crippen LogP) is 1.99. The minimum absolute atomic E-state index is 0.0387. The first-order chi connectivity index (χ1) is 9.02. The Labute approximate surface area is 116 Å². The molecule has 0 aliphatic carbocycles. The van der Waals surface area contributed by atoms with Crippen LogP contribution in [0.2, 0.25) is 0 Å². The maximum Gasteiger partial charge on any atom is 0.0494 e. The third-order valence-corrected chi connectivity index (χ3v) is 3.94. The van der Waals surface area contributed by atoms with Crippen LogP contribution in [0.25, 0.3) is 0 Å². The van der Waals surface area contributed by atoms with E-state index < -0.39 is 0 Å². The van der Waals surface area contributed by atoms with E-state index in [1.165, 1.54) is 5.56 Å². The van der Waals surface area contributed by atoms with Crippen LogP contribution in [0.4, 0.5) is 0 Å². The molecule has 1 aliphatic heterocycles. The van der Waals surface area contributed by atoms with E-state index in [0.717, 1.165) is 26.2 Å². The van der Waals surface area contributed by atoms with Gasteiger partial charge in [-0.15, -0.1) is 0 Å². The van der Waals surface area contributed by atoms with Crippen molar-refractivity contribution in [1.82, 2.24) is 9.80 Å². The Hall–Kier alpha value is -0.900. The lowest BCUT2D eigenvalue weighted by atomic mass is 9.91. The Morgan fingerprint density at radius 3 is 2.53 bits per heavy atom. The number of likely N-dealkylation sites (N-methyl/N-ethyl adjacent to an activating group) is 1. The van der Waals surface area contributed by atoms with Crippen molar-refractivity contribution in [1.29, 1.82) is 0 Å². The minimum Gasteiger partial charge on any atom is -0.396 e. The Bertz CT molecular complexity index is 391. The van der Waals surface area contributed by atoms with Gasteiger partial charge in [0.15, 0.2) is 0 Å². The molecule has 1 heterocycles. The molecular formula is C16H26N2O. The molecule has 1 aromatic rings. The smallest absolute Gasteiger partial charge is 0.0494 e. The number of rotatable bonds is 4. The molecule has 1 aromatic carbocycles. The highest BCUT2D eigenvalue weighted by atomic mass is 16.3. The number of hydrogen-bond acceptors (Lipinski definition) is 3. The summed E-state index contributed by atoms with van der Waals surface area (Å²) in [5.74, 6) is 0. The molecule has 0 radical (unpaired) electrons. The van der Waals surface area contributed by atoms with Crippen LogP contribution in [0, 0.1) is 5.41 Å². The number of benzene rings is 1. The number of nitrogens with zero attached hydrogens (tertiary/aromatic N) is 2. The molecule has 0 amide bonds. The lowest BCUT2D eigenvalue weighted by Gasteiger charge is -2.43. The zero-order valence-electron chi connectivity index (χ0n) is 12.3. The second kappa shape index (κ2) is 6.04. The average Bonchev–Trinajstić information content (AvgIpc) is 2.42. The maximum absolute atomic E-state index is 9.50. The molecule has 1 unspecified atom stereocenters. The first-order valence-electron chi connectivity index (χ1n) is 7.10. The van der Waals surface area contributed by atoms with E-state index in [9.17, 15) is 5.11 Å². The fourth-order valence-corrected chi connectivity index (χ4v) is 2.74. The largest absolute Gasteiger partial charge is 0.396 e. The van der Waals surface area contributed by atoms with Gasteiger partial charge in [0.2, 0.25) is 0 Å². The van der Waals surface area contributed by atoms with E-state index in [4.69, 9.17) is 0 Å². The van der Waals surface area contributed by atoms with Crippen LogP contribution < -0.4 is 0 Å². The normalized spacial score (nSPS) is 22.6. The Morgan fingerprint density at radius 2 is 1.89 bits per heavy atom. The van der Waals surface area contributed by atoms with Crippen LogP contribution in [0.15, 0.2) is 30.3 Å². The van der Waals surface area contributed by atoms with Gasteiger partial charge in [-0.2, -0.15) is 0 Å². The second-order valence-electron chi connectivity index (χ2n) is 6.48. The van der Waals surface area contributed by atoms with E-state index in [2.05, 4.69) is 61.0 Å². The van der Waals surface area contributed by atoms with Gasteiger partial charge >= 0.3 is 0 Å². The quantitative estimate of drug-likeness (QED) is 0.899. The first-order valence-corrected chi connectivity index (χ1v) is 7.10. The number of aliphatic hydroxyl groups excluding tert-OH is 1. The number of aliphatic hydroxyl groups is 1. The van der Waals surface area contributed by atoms with Gasteiger partial charge in [-0.25, -0.2) is 0 Å². The average molecular weight is 262 g/mol. The first kappa shape index (κ1) is 14.5. The van der Waals surface area contributed by atoms with Gasteiger partial charge in [-0.1, -0.05) is 44.2 Å². The predicted molar refractivity (Wildman–Crippen MR) is 79.1 cm³/mol. The molecule has 3 nitrogen and oxygen atoms in total. The van der Waals surface area contributed by atoms with Crippen LogP contribution in [0.3, 0.4) is 0 Å². The summed E-state index contributed by atoms with van der Waals surface area (Å²) in [6.45, 7) is 8.67.